The lowest BCUT2D eigenvalue weighted by Crippen LogP contribution is -1.92. The van der Waals surface area contributed by atoms with Gasteiger partial charge in [0.1, 0.15) is 5.75 Å². The minimum Gasteiger partial charge on any atom is -0.454 e. The van der Waals surface area contributed by atoms with Gasteiger partial charge >= 0.3 is 0 Å². The average molecular weight is 296 g/mol. The molecular weight excluding hydrogens is 285 g/mol. The number of halogens is 2. The third-order valence-electron chi connectivity index (χ3n) is 2.31. The average Bonchev–Trinajstić information content (AvgIpc) is 2.25. The van der Waals surface area contributed by atoms with Crippen LogP contribution in [0.15, 0.2) is 40.9 Å². The maximum absolute atomic E-state index is 13.5. The third-order valence-corrected chi connectivity index (χ3v) is 2.81. The van der Waals surface area contributed by atoms with Crippen molar-refractivity contribution in [3.05, 3.63) is 52.3 Å². The van der Waals surface area contributed by atoms with E-state index in [1.165, 1.54) is 12.1 Å². The van der Waals surface area contributed by atoms with Gasteiger partial charge in [-0.2, -0.15) is 0 Å². The fourth-order valence-electron chi connectivity index (χ4n) is 1.45. The molecule has 2 nitrogen and oxygen atoms in total. The van der Waals surface area contributed by atoms with E-state index in [1.807, 2.05) is 19.1 Å². The Morgan fingerprint density at radius 2 is 1.82 bits per heavy atom. The lowest BCUT2D eigenvalue weighted by Gasteiger charge is -2.10. The molecule has 0 bridgehead atoms. The van der Waals surface area contributed by atoms with Gasteiger partial charge in [0.05, 0.1) is 0 Å². The topological polar surface area (TPSA) is 35.2 Å². The Labute approximate surface area is 107 Å². The zero-order chi connectivity index (χ0) is 12.4. The first-order chi connectivity index (χ1) is 8.06. The molecule has 2 aromatic carbocycles. The van der Waals surface area contributed by atoms with Crippen molar-refractivity contribution in [2.24, 2.45) is 0 Å². The van der Waals surface area contributed by atoms with Gasteiger partial charge in [0, 0.05) is 16.2 Å². The number of aryl methyl sites for hydroxylation is 1. The highest BCUT2D eigenvalue weighted by Crippen LogP contribution is 2.29. The maximum atomic E-state index is 13.5. The largest absolute Gasteiger partial charge is 0.454 e. The Balaban J connectivity index is 2.31. The molecule has 0 aliphatic carbocycles. The maximum Gasteiger partial charge on any atom is 0.167 e. The molecular formula is C13H11BrFNO. The standard InChI is InChI=1S/C13H11BrFNO/c1-8-6-9(14)2-4-12(8)17-13-5-3-10(16)7-11(13)15/h2-7H,16H2,1H3. The summed E-state index contributed by atoms with van der Waals surface area (Å²) in [6.45, 7) is 1.90. The Morgan fingerprint density at radius 3 is 2.47 bits per heavy atom. The number of hydrogen-bond acceptors (Lipinski definition) is 2. The van der Waals surface area contributed by atoms with E-state index in [2.05, 4.69) is 15.9 Å². The summed E-state index contributed by atoms with van der Waals surface area (Å²) in [6, 6.07) is 9.90. The van der Waals surface area contributed by atoms with Crippen LogP contribution >= 0.6 is 15.9 Å². The molecule has 0 amide bonds. The van der Waals surface area contributed by atoms with E-state index < -0.39 is 5.82 Å². The number of nitrogen functional groups attached to an aromatic ring is 1. The highest BCUT2D eigenvalue weighted by atomic mass is 79.9. The number of nitrogens with two attached hydrogens (primary N) is 1. The molecule has 88 valence electrons. The summed E-state index contributed by atoms with van der Waals surface area (Å²) < 4.78 is 20.0. The Morgan fingerprint density at radius 1 is 1.12 bits per heavy atom. The molecule has 17 heavy (non-hydrogen) atoms. The second-order valence-corrected chi connectivity index (χ2v) is 4.62. The molecule has 0 atom stereocenters. The van der Waals surface area contributed by atoms with Crippen LogP contribution in [0.3, 0.4) is 0 Å². The minimum absolute atomic E-state index is 0.171. The summed E-state index contributed by atoms with van der Waals surface area (Å²) in [4.78, 5) is 0. The predicted molar refractivity (Wildman–Crippen MR) is 69.8 cm³/mol. The van der Waals surface area contributed by atoms with Crippen molar-refractivity contribution >= 4 is 21.6 Å². The van der Waals surface area contributed by atoms with Gasteiger partial charge in [-0.1, -0.05) is 15.9 Å². The number of hydrogen-bond donors (Lipinski definition) is 1. The normalized spacial score (nSPS) is 10.3. The highest BCUT2D eigenvalue weighted by Gasteiger charge is 2.07. The van der Waals surface area contributed by atoms with Crippen LogP contribution in [0.25, 0.3) is 0 Å². The van der Waals surface area contributed by atoms with E-state index in [4.69, 9.17) is 10.5 Å². The van der Waals surface area contributed by atoms with Crippen LogP contribution in [-0.2, 0) is 0 Å². The van der Waals surface area contributed by atoms with Gasteiger partial charge in [-0.15, -0.1) is 0 Å². The van der Waals surface area contributed by atoms with Crippen molar-refractivity contribution in [2.45, 2.75) is 6.92 Å². The van der Waals surface area contributed by atoms with Gasteiger partial charge in [-0.3, -0.25) is 0 Å². The van der Waals surface area contributed by atoms with Gasteiger partial charge in [-0.25, -0.2) is 4.39 Å². The van der Waals surface area contributed by atoms with Crippen LogP contribution in [0.1, 0.15) is 5.56 Å². The Bertz CT molecular complexity index is 508. The van der Waals surface area contributed by atoms with Crippen molar-refractivity contribution < 1.29 is 9.13 Å². The van der Waals surface area contributed by atoms with Crippen molar-refractivity contribution in [1.82, 2.24) is 0 Å². The van der Waals surface area contributed by atoms with Crippen LogP contribution in [0.5, 0.6) is 11.5 Å². The number of anilines is 1. The van der Waals surface area contributed by atoms with Gasteiger partial charge in [-0.05, 0) is 42.8 Å². The van der Waals surface area contributed by atoms with Gasteiger partial charge in [0.25, 0.3) is 0 Å². The van der Waals surface area contributed by atoms with Crippen molar-refractivity contribution in [2.75, 3.05) is 5.73 Å². The van der Waals surface area contributed by atoms with Crippen LogP contribution in [0, 0.1) is 12.7 Å². The third kappa shape index (κ3) is 2.77. The zero-order valence-corrected chi connectivity index (χ0v) is 10.8. The molecule has 0 radical (unpaired) electrons. The van der Waals surface area contributed by atoms with Crippen LogP contribution in [-0.4, -0.2) is 0 Å². The SMILES string of the molecule is Cc1cc(Br)ccc1Oc1ccc(N)cc1F. The molecule has 0 aliphatic heterocycles. The molecule has 0 saturated carbocycles. The highest BCUT2D eigenvalue weighted by molar-refractivity contribution is 9.10. The summed E-state index contributed by atoms with van der Waals surface area (Å²) in [5, 5.41) is 0. The van der Waals surface area contributed by atoms with E-state index in [1.54, 1.807) is 12.1 Å². The van der Waals surface area contributed by atoms with Crippen LogP contribution in [0.2, 0.25) is 0 Å². The molecule has 4 heteroatoms. The van der Waals surface area contributed by atoms with Crippen LogP contribution < -0.4 is 10.5 Å². The Hall–Kier alpha value is -1.55. The molecule has 0 saturated heterocycles. The molecule has 2 rings (SSSR count). The number of rotatable bonds is 2. The molecule has 0 fully saturated rings. The summed E-state index contributed by atoms with van der Waals surface area (Å²) in [5.74, 6) is 0.328. The molecule has 0 heterocycles. The summed E-state index contributed by atoms with van der Waals surface area (Å²) in [6.07, 6.45) is 0. The second kappa shape index (κ2) is 4.75. The monoisotopic (exact) mass is 295 g/mol. The first kappa shape index (κ1) is 11.9. The van der Waals surface area contributed by atoms with Crippen LogP contribution in [0.4, 0.5) is 10.1 Å². The van der Waals surface area contributed by atoms with E-state index in [-0.39, 0.29) is 5.75 Å². The fourth-order valence-corrected chi connectivity index (χ4v) is 1.92. The molecule has 0 aliphatic rings. The zero-order valence-electron chi connectivity index (χ0n) is 9.21. The fraction of sp³-hybridized carbons (Fsp3) is 0.0769. The summed E-state index contributed by atoms with van der Waals surface area (Å²) in [5.41, 5.74) is 6.77. The molecule has 0 unspecified atom stereocenters. The molecule has 2 N–H and O–H groups in total. The van der Waals surface area contributed by atoms with E-state index in [9.17, 15) is 4.39 Å². The summed E-state index contributed by atoms with van der Waals surface area (Å²) in [7, 11) is 0. The van der Waals surface area contributed by atoms with Gasteiger partial charge in [0.15, 0.2) is 11.6 Å². The number of benzene rings is 2. The smallest absolute Gasteiger partial charge is 0.167 e. The Kier molecular flexibility index (Phi) is 3.33. The van der Waals surface area contributed by atoms with Crippen molar-refractivity contribution in [1.29, 1.82) is 0 Å². The first-order valence-electron chi connectivity index (χ1n) is 5.05. The first-order valence-corrected chi connectivity index (χ1v) is 5.84. The molecule has 0 spiro atoms. The lowest BCUT2D eigenvalue weighted by molar-refractivity contribution is 0.440. The minimum atomic E-state index is -0.465. The van der Waals surface area contributed by atoms with Gasteiger partial charge in [0.2, 0.25) is 0 Å². The van der Waals surface area contributed by atoms with E-state index >= 15 is 0 Å². The lowest BCUT2D eigenvalue weighted by atomic mass is 10.2. The van der Waals surface area contributed by atoms with E-state index in [0.717, 1.165) is 10.0 Å². The molecule has 2 aromatic rings. The van der Waals surface area contributed by atoms with E-state index in [0.29, 0.717) is 11.4 Å². The summed E-state index contributed by atoms with van der Waals surface area (Å²) >= 11 is 3.36. The van der Waals surface area contributed by atoms with Crippen molar-refractivity contribution in [3.8, 4) is 11.5 Å². The predicted octanol–water partition coefficient (Wildman–Crippen LogP) is 4.27. The van der Waals surface area contributed by atoms with Gasteiger partial charge < -0.3 is 10.5 Å². The number of ether oxygens (including phenoxy) is 1. The molecule has 0 aromatic heterocycles. The second-order valence-electron chi connectivity index (χ2n) is 3.70. The van der Waals surface area contributed by atoms with Crippen molar-refractivity contribution in [3.63, 3.8) is 0 Å². The quantitative estimate of drug-likeness (QED) is 0.840.